The molecule has 0 saturated heterocycles. The molecule has 0 atom stereocenters. The van der Waals surface area contributed by atoms with Gasteiger partial charge in [0.1, 0.15) is 0 Å². The van der Waals surface area contributed by atoms with Gasteiger partial charge in [0, 0.05) is 33.6 Å². The maximum atomic E-state index is 7.50. The molecule has 124 valence electrons. The molecule has 0 aliphatic rings. The first kappa shape index (κ1) is 49.6. The van der Waals surface area contributed by atoms with Crippen molar-refractivity contribution in [1.82, 2.24) is 0 Å². The number of benzene rings is 1. The Morgan fingerprint density at radius 2 is 0.870 bits per heavy atom. The molecule has 0 aliphatic carbocycles. The van der Waals surface area contributed by atoms with Crippen LogP contribution in [0.5, 0.6) is 0 Å². The first-order valence-corrected chi connectivity index (χ1v) is 4.33. The summed E-state index contributed by atoms with van der Waals surface area (Å²) in [6.07, 6.45) is 4.12. The van der Waals surface area contributed by atoms with Gasteiger partial charge in [0.25, 0.3) is 0 Å². The van der Waals surface area contributed by atoms with Gasteiger partial charge in [-0.3, -0.25) is 0 Å². The van der Waals surface area contributed by atoms with E-state index in [0.29, 0.717) is 0 Å². The molecule has 1 aromatic rings. The van der Waals surface area contributed by atoms with E-state index in [-0.39, 0.29) is 33.6 Å². The SMILES string of the molecule is CC=Cc1ccccc1.[C-]#[O+].[C-]#[O+].[C-]#[O+].[C-]#[O+].[C-]#[O+].[C-]#[O+].[Co].[Co]. The van der Waals surface area contributed by atoms with E-state index in [2.05, 4.69) is 58.1 Å². The van der Waals surface area contributed by atoms with Crippen molar-refractivity contribution in [1.29, 1.82) is 0 Å². The first-order valence-electron chi connectivity index (χ1n) is 4.33. The fraction of sp³-hybridized carbons (Fsp3) is 0.0667. The van der Waals surface area contributed by atoms with Crippen LogP contribution in [0.15, 0.2) is 36.4 Å². The molecule has 0 amide bonds. The summed E-state index contributed by atoms with van der Waals surface area (Å²) in [5, 5.41) is 0. The summed E-state index contributed by atoms with van der Waals surface area (Å²) in [5.74, 6) is 0. The van der Waals surface area contributed by atoms with Gasteiger partial charge in [-0.25, -0.2) is 0 Å². The molecule has 1 aromatic carbocycles. The Morgan fingerprint density at radius 1 is 0.609 bits per heavy atom. The van der Waals surface area contributed by atoms with Crippen molar-refractivity contribution in [3.8, 4) is 0 Å². The zero-order chi connectivity index (χ0) is 18.5. The van der Waals surface area contributed by atoms with Gasteiger partial charge in [-0.15, -0.1) is 0 Å². The fourth-order valence-electron chi connectivity index (χ4n) is 0.757. The van der Waals surface area contributed by atoms with Gasteiger partial charge in [0.2, 0.25) is 0 Å². The predicted octanol–water partition coefficient (Wildman–Crippen LogP) is 2.49. The van der Waals surface area contributed by atoms with Gasteiger partial charge >= 0.3 is 67.8 Å². The third-order valence-electron chi connectivity index (χ3n) is 1.16. The number of hydrogen-bond acceptors (Lipinski definition) is 0. The third kappa shape index (κ3) is 78.1. The summed E-state index contributed by atoms with van der Waals surface area (Å²) >= 11 is 0. The van der Waals surface area contributed by atoms with Crippen LogP contribution in [0.25, 0.3) is 6.08 Å². The van der Waals surface area contributed by atoms with Crippen molar-refractivity contribution >= 4 is 6.08 Å². The molecule has 0 fully saturated rings. The van der Waals surface area contributed by atoms with Gasteiger partial charge in [-0.05, 0) is 12.5 Å². The molecule has 0 aliphatic heterocycles. The Balaban J connectivity index is -0.0000000232. The van der Waals surface area contributed by atoms with Gasteiger partial charge in [-0.2, -0.15) is 0 Å². The molecule has 1 rings (SSSR count). The van der Waals surface area contributed by atoms with Crippen molar-refractivity contribution < 1.29 is 61.5 Å². The molecule has 0 N–H and O–H groups in total. The van der Waals surface area contributed by atoms with E-state index in [4.69, 9.17) is 27.9 Å². The van der Waals surface area contributed by atoms with E-state index in [0.717, 1.165) is 0 Å². The minimum Gasteiger partial charge on any atom is 0 e. The zero-order valence-corrected chi connectivity index (χ0v) is 13.7. The molecule has 2 radical (unpaired) electrons. The summed E-state index contributed by atoms with van der Waals surface area (Å²) in [6, 6.07) is 10.3. The van der Waals surface area contributed by atoms with E-state index in [1.807, 2.05) is 31.2 Å². The quantitative estimate of drug-likeness (QED) is 0.505. The van der Waals surface area contributed by atoms with Crippen LogP contribution in [0.4, 0.5) is 0 Å². The maximum absolute atomic E-state index is 7.50. The predicted molar refractivity (Wildman–Crippen MR) is 64.7 cm³/mol. The first-order chi connectivity index (χ1) is 10.4. The van der Waals surface area contributed by atoms with E-state index in [1.165, 1.54) is 5.56 Å². The summed E-state index contributed by atoms with van der Waals surface area (Å²) in [7, 11) is 0. The number of rotatable bonds is 1. The Morgan fingerprint density at radius 3 is 1.09 bits per heavy atom. The molecule has 8 heteroatoms. The largest absolute Gasteiger partial charge is 0 e. The molecule has 0 unspecified atom stereocenters. The van der Waals surface area contributed by atoms with Crippen molar-refractivity contribution in [2.24, 2.45) is 0 Å². The van der Waals surface area contributed by atoms with Crippen LogP contribution in [0.3, 0.4) is 0 Å². The minimum atomic E-state index is 0. The fourth-order valence-corrected chi connectivity index (χ4v) is 0.757. The normalized spacial score (nSPS) is 4.57. The van der Waals surface area contributed by atoms with Crippen LogP contribution in [0, 0.1) is 39.9 Å². The third-order valence-corrected chi connectivity index (χ3v) is 1.16. The number of hydrogen-bond donors (Lipinski definition) is 0. The standard InChI is InChI=1S/C9H10.6CO.2Co/c1-2-6-9-7-4-3-5-8-9;6*1-2;;/h2-8H,1H3;;;;;;;;. The Bertz CT molecular complexity index is 370. The second-order valence-corrected chi connectivity index (χ2v) is 1.91. The van der Waals surface area contributed by atoms with Crippen LogP contribution >= 0.6 is 0 Å². The minimum absolute atomic E-state index is 0. The van der Waals surface area contributed by atoms with Gasteiger partial charge < -0.3 is 0 Å². The molecule has 0 bridgehead atoms. The Kier molecular flexibility index (Phi) is 234. The Labute approximate surface area is 156 Å². The van der Waals surface area contributed by atoms with Crippen LogP contribution in [-0.2, 0) is 61.5 Å². The molecule has 0 saturated carbocycles. The van der Waals surface area contributed by atoms with E-state index >= 15 is 0 Å². The van der Waals surface area contributed by atoms with Crippen molar-refractivity contribution in [3.05, 3.63) is 81.9 Å². The Hall–Kier alpha value is -1.59. The second kappa shape index (κ2) is 109. The monoisotopic (exact) mass is 404 g/mol. The average molecular weight is 404 g/mol. The van der Waals surface area contributed by atoms with Crippen molar-refractivity contribution in [3.63, 3.8) is 0 Å². The molecular formula is C15H10Co2O6. The average Bonchev–Trinajstić information content (AvgIpc) is 2.66. The molecule has 0 spiro atoms. The summed E-state index contributed by atoms with van der Waals surface area (Å²) < 4.78 is 45.0. The van der Waals surface area contributed by atoms with E-state index < -0.39 is 0 Å². The zero-order valence-electron chi connectivity index (χ0n) is 11.7. The second-order valence-electron chi connectivity index (χ2n) is 1.91. The van der Waals surface area contributed by atoms with E-state index in [9.17, 15) is 0 Å². The van der Waals surface area contributed by atoms with Crippen molar-refractivity contribution in [2.75, 3.05) is 0 Å². The van der Waals surface area contributed by atoms with Gasteiger partial charge in [-0.1, -0.05) is 42.5 Å². The van der Waals surface area contributed by atoms with Gasteiger partial charge in [0.15, 0.2) is 0 Å². The van der Waals surface area contributed by atoms with Crippen LogP contribution in [0.1, 0.15) is 12.5 Å². The van der Waals surface area contributed by atoms with Crippen LogP contribution in [-0.4, -0.2) is 0 Å². The maximum Gasteiger partial charge on any atom is 0 e. The molecule has 23 heavy (non-hydrogen) atoms. The van der Waals surface area contributed by atoms with Crippen molar-refractivity contribution in [2.45, 2.75) is 6.92 Å². The molecule has 6 nitrogen and oxygen atoms in total. The van der Waals surface area contributed by atoms with E-state index in [1.54, 1.807) is 0 Å². The van der Waals surface area contributed by atoms with Gasteiger partial charge in [0.05, 0.1) is 0 Å². The summed E-state index contributed by atoms with van der Waals surface area (Å²) in [6.45, 7) is 29.0. The molecular weight excluding hydrogens is 394 g/mol. The molecule has 0 aromatic heterocycles. The molecule has 0 heterocycles. The summed E-state index contributed by atoms with van der Waals surface area (Å²) in [4.78, 5) is 0. The smallest absolute Gasteiger partial charge is 0 e. The topological polar surface area (TPSA) is 119 Å². The van der Waals surface area contributed by atoms with Crippen LogP contribution < -0.4 is 0 Å². The summed E-state index contributed by atoms with van der Waals surface area (Å²) in [5.41, 5.74) is 1.26. The number of allylic oxidation sites excluding steroid dienone is 1. The van der Waals surface area contributed by atoms with Crippen LogP contribution in [0.2, 0.25) is 0 Å².